The van der Waals surface area contributed by atoms with Crippen molar-refractivity contribution in [3.05, 3.63) is 30.1 Å². The van der Waals surface area contributed by atoms with Crippen molar-refractivity contribution in [1.29, 1.82) is 0 Å². The minimum absolute atomic E-state index is 0.258. The summed E-state index contributed by atoms with van der Waals surface area (Å²) in [6, 6.07) is 3.87. The topological polar surface area (TPSA) is 80.0 Å². The summed E-state index contributed by atoms with van der Waals surface area (Å²) in [5.74, 6) is 0.0129. The van der Waals surface area contributed by atoms with Crippen LogP contribution in [0.25, 0.3) is 0 Å². The van der Waals surface area contributed by atoms with Crippen LogP contribution >= 0.6 is 12.2 Å². The van der Waals surface area contributed by atoms with E-state index < -0.39 is 0 Å². The number of carbonyl (C=O) groups is 1. The first-order valence-corrected chi connectivity index (χ1v) is 6.67. The van der Waals surface area contributed by atoms with Crippen LogP contribution in [0.4, 0.5) is 0 Å². The van der Waals surface area contributed by atoms with Crippen LogP contribution in [0.3, 0.4) is 0 Å². The SMILES string of the molecule is C[C@@H](CCNC(=S)NCc1ccncc1)CC(N)=O. The molecular formula is C13H20N4OS. The number of primary amides is 1. The van der Waals surface area contributed by atoms with Crippen molar-refractivity contribution in [3.8, 4) is 0 Å². The fraction of sp³-hybridized carbons (Fsp3) is 0.462. The normalized spacial score (nSPS) is 11.6. The van der Waals surface area contributed by atoms with E-state index in [-0.39, 0.29) is 11.8 Å². The van der Waals surface area contributed by atoms with E-state index in [4.69, 9.17) is 18.0 Å². The summed E-state index contributed by atoms with van der Waals surface area (Å²) >= 11 is 5.16. The zero-order chi connectivity index (χ0) is 14.1. The molecule has 6 heteroatoms. The number of rotatable bonds is 7. The Kier molecular flexibility index (Phi) is 6.81. The summed E-state index contributed by atoms with van der Waals surface area (Å²) in [7, 11) is 0. The summed E-state index contributed by atoms with van der Waals surface area (Å²) in [6.07, 6.45) is 4.77. The average Bonchev–Trinajstić information content (AvgIpc) is 2.36. The van der Waals surface area contributed by atoms with Gasteiger partial charge in [-0.2, -0.15) is 0 Å². The van der Waals surface area contributed by atoms with Gasteiger partial charge in [0.15, 0.2) is 5.11 Å². The standard InChI is InChI=1S/C13H20N4OS/c1-10(8-12(14)18)2-7-16-13(19)17-9-11-3-5-15-6-4-11/h3-6,10H,2,7-9H2,1H3,(H2,14,18)(H2,16,17,19)/t10-/m0/s1. The molecule has 1 rings (SSSR count). The average molecular weight is 280 g/mol. The molecule has 1 heterocycles. The molecule has 0 saturated carbocycles. The fourth-order valence-corrected chi connectivity index (χ4v) is 1.80. The third kappa shape index (κ3) is 7.35. The molecule has 0 unspecified atom stereocenters. The van der Waals surface area contributed by atoms with Crippen molar-refractivity contribution in [3.63, 3.8) is 0 Å². The van der Waals surface area contributed by atoms with E-state index in [1.807, 2.05) is 19.1 Å². The Bertz CT molecular complexity index is 410. The summed E-state index contributed by atoms with van der Waals surface area (Å²) in [5, 5.41) is 6.84. The molecule has 1 atom stereocenters. The molecule has 0 spiro atoms. The first-order chi connectivity index (χ1) is 9.08. The summed E-state index contributed by atoms with van der Waals surface area (Å²) < 4.78 is 0. The maximum atomic E-state index is 10.7. The van der Waals surface area contributed by atoms with Gasteiger partial charge in [0.2, 0.25) is 5.91 Å². The molecule has 104 valence electrons. The third-order valence-electron chi connectivity index (χ3n) is 2.67. The Morgan fingerprint density at radius 1 is 1.42 bits per heavy atom. The van der Waals surface area contributed by atoms with E-state index >= 15 is 0 Å². The number of hydrogen-bond donors (Lipinski definition) is 3. The van der Waals surface area contributed by atoms with Gasteiger partial charge in [-0.3, -0.25) is 9.78 Å². The van der Waals surface area contributed by atoms with Crippen LogP contribution in [0.2, 0.25) is 0 Å². The van der Waals surface area contributed by atoms with Gasteiger partial charge in [-0.25, -0.2) is 0 Å². The van der Waals surface area contributed by atoms with Crippen molar-refractivity contribution in [2.24, 2.45) is 11.7 Å². The number of amides is 1. The monoisotopic (exact) mass is 280 g/mol. The van der Waals surface area contributed by atoms with Gasteiger partial charge in [-0.1, -0.05) is 6.92 Å². The van der Waals surface area contributed by atoms with E-state index in [1.165, 1.54) is 0 Å². The van der Waals surface area contributed by atoms with Gasteiger partial charge in [0.25, 0.3) is 0 Å². The smallest absolute Gasteiger partial charge is 0.217 e. The van der Waals surface area contributed by atoms with Gasteiger partial charge in [0, 0.05) is 31.9 Å². The molecule has 0 aromatic carbocycles. The lowest BCUT2D eigenvalue weighted by Gasteiger charge is -2.13. The Morgan fingerprint density at radius 2 is 2.11 bits per heavy atom. The van der Waals surface area contributed by atoms with E-state index in [9.17, 15) is 4.79 Å². The van der Waals surface area contributed by atoms with E-state index in [1.54, 1.807) is 12.4 Å². The second-order valence-electron chi connectivity index (χ2n) is 4.53. The molecule has 5 nitrogen and oxygen atoms in total. The summed E-state index contributed by atoms with van der Waals surface area (Å²) in [5.41, 5.74) is 6.26. The molecular weight excluding hydrogens is 260 g/mol. The number of aromatic nitrogens is 1. The van der Waals surface area contributed by atoms with E-state index in [0.717, 1.165) is 18.5 Å². The minimum Gasteiger partial charge on any atom is -0.370 e. The molecule has 0 aliphatic heterocycles. The number of nitrogens with one attached hydrogen (secondary N) is 2. The fourth-order valence-electron chi connectivity index (χ4n) is 1.62. The predicted molar refractivity (Wildman–Crippen MR) is 79.3 cm³/mol. The largest absolute Gasteiger partial charge is 0.370 e. The molecule has 4 N–H and O–H groups in total. The molecule has 1 aromatic rings. The summed E-state index contributed by atoms with van der Waals surface area (Å²) in [4.78, 5) is 14.7. The molecule has 0 aliphatic carbocycles. The number of nitrogens with zero attached hydrogens (tertiary/aromatic N) is 1. The number of carbonyl (C=O) groups excluding carboxylic acids is 1. The highest BCUT2D eigenvalue weighted by Gasteiger charge is 2.05. The molecule has 0 bridgehead atoms. The van der Waals surface area contributed by atoms with Crippen LogP contribution in [-0.4, -0.2) is 22.5 Å². The molecule has 0 aliphatic rings. The Balaban J connectivity index is 2.13. The van der Waals surface area contributed by atoms with Crippen molar-refractivity contribution >= 4 is 23.2 Å². The van der Waals surface area contributed by atoms with Crippen LogP contribution < -0.4 is 16.4 Å². The Morgan fingerprint density at radius 3 is 2.74 bits per heavy atom. The molecule has 1 aromatic heterocycles. The first-order valence-electron chi connectivity index (χ1n) is 6.27. The van der Waals surface area contributed by atoms with Crippen molar-refractivity contribution < 1.29 is 4.79 Å². The van der Waals surface area contributed by atoms with E-state index in [0.29, 0.717) is 18.1 Å². The van der Waals surface area contributed by atoms with E-state index in [2.05, 4.69) is 15.6 Å². The van der Waals surface area contributed by atoms with Crippen molar-refractivity contribution in [2.75, 3.05) is 6.54 Å². The highest BCUT2D eigenvalue weighted by atomic mass is 32.1. The van der Waals surface area contributed by atoms with Gasteiger partial charge in [0.05, 0.1) is 0 Å². The molecule has 0 saturated heterocycles. The predicted octanol–water partition coefficient (Wildman–Crippen LogP) is 0.947. The number of pyridine rings is 1. The Hall–Kier alpha value is -1.69. The van der Waals surface area contributed by atoms with Gasteiger partial charge >= 0.3 is 0 Å². The van der Waals surface area contributed by atoms with Crippen LogP contribution in [0, 0.1) is 5.92 Å². The zero-order valence-electron chi connectivity index (χ0n) is 11.1. The molecule has 19 heavy (non-hydrogen) atoms. The van der Waals surface area contributed by atoms with Crippen LogP contribution in [-0.2, 0) is 11.3 Å². The maximum absolute atomic E-state index is 10.7. The van der Waals surface area contributed by atoms with Gasteiger partial charge in [-0.15, -0.1) is 0 Å². The number of nitrogens with two attached hydrogens (primary N) is 1. The maximum Gasteiger partial charge on any atom is 0.217 e. The Labute approximate surface area is 119 Å². The second-order valence-corrected chi connectivity index (χ2v) is 4.94. The number of hydrogen-bond acceptors (Lipinski definition) is 3. The van der Waals surface area contributed by atoms with Gasteiger partial charge < -0.3 is 16.4 Å². The van der Waals surface area contributed by atoms with Crippen LogP contribution in [0.5, 0.6) is 0 Å². The molecule has 0 fully saturated rings. The lowest BCUT2D eigenvalue weighted by Crippen LogP contribution is -2.35. The zero-order valence-corrected chi connectivity index (χ0v) is 11.9. The van der Waals surface area contributed by atoms with Crippen molar-refractivity contribution in [1.82, 2.24) is 15.6 Å². The lowest BCUT2D eigenvalue weighted by atomic mass is 10.0. The lowest BCUT2D eigenvalue weighted by molar-refractivity contribution is -0.118. The van der Waals surface area contributed by atoms with Crippen molar-refractivity contribution in [2.45, 2.75) is 26.3 Å². The minimum atomic E-state index is -0.258. The third-order valence-corrected chi connectivity index (χ3v) is 2.96. The van der Waals surface area contributed by atoms with Gasteiger partial charge in [0.1, 0.15) is 0 Å². The van der Waals surface area contributed by atoms with Crippen LogP contribution in [0.1, 0.15) is 25.3 Å². The highest BCUT2D eigenvalue weighted by Crippen LogP contribution is 2.04. The highest BCUT2D eigenvalue weighted by molar-refractivity contribution is 7.80. The quantitative estimate of drug-likeness (QED) is 0.648. The van der Waals surface area contributed by atoms with Gasteiger partial charge in [-0.05, 0) is 42.3 Å². The molecule has 1 amide bonds. The summed E-state index contributed by atoms with van der Waals surface area (Å²) in [6.45, 7) is 3.40. The van der Waals surface area contributed by atoms with Crippen LogP contribution in [0.15, 0.2) is 24.5 Å². The first kappa shape index (κ1) is 15.4. The molecule has 0 radical (unpaired) electrons. The second kappa shape index (κ2) is 8.42. The number of thiocarbonyl (C=S) groups is 1.